The number of nitriles is 1. The third-order valence-corrected chi connectivity index (χ3v) is 5.97. The zero-order valence-electron chi connectivity index (χ0n) is 16.5. The maximum Gasteiger partial charge on any atom is 0.227 e. The molecule has 2 aromatic heterocycles. The Morgan fingerprint density at radius 2 is 1.90 bits per heavy atom. The molecule has 8 nitrogen and oxygen atoms in total. The minimum atomic E-state index is 0.289. The van der Waals surface area contributed by atoms with Crippen LogP contribution >= 0.6 is 11.6 Å². The van der Waals surface area contributed by atoms with Crippen molar-refractivity contribution in [3.63, 3.8) is 0 Å². The molecule has 0 amide bonds. The van der Waals surface area contributed by atoms with Crippen molar-refractivity contribution in [2.75, 3.05) is 10.6 Å². The first kappa shape index (κ1) is 19.1. The number of hydrogen-bond donors (Lipinski definition) is 3. The van der Waals surface area contributed by atoms with Crippen molar-refractivity contribution < 1.29 is 0 Å². The number of anilines is 3. The lowest BCUT2D eigenvalue weighted by Crippen LogP contribution is -2.33. The normalized spacial score (nSPS) is 21.4. The molecule has 0 aliphatic heterocycles. The van der Waals surface area contributed by atoms with Gasteiger partial charge in [-0.05, 0) is 56.7 Å². The van der Waals surface area contributed by atoms with Gasteiger partial charge in [-0.3, -0.25) is 0 Å². The summed E-state index contributed by atoms with van der Waals surface area (Å²) in [5, 5.41) is 16.5. The van der Waals surface area contributed by atoms with Crippen molar-refractivity contribution in [3.05, 3.63) is 35.1 Å². The van der Waals surface area contributed by atoms with Gasteiger partial charge in [0, 0.05) is 28.8 Å². The van der Waals surface area contributed by atoms with E-state index in [2.05, 4.69) is 26.3 Å². The Labute approximate surface area is 179 Å². The molecule has 2 saturated carbocycles. The van der Waals surface area contributed by atoms with E-state index < -0.39 is 0 Å². The van der Waals surface area contributed by atoms with Crippen LogP contribution in [0.15, 0.2) is 24.5 Å². The lowest BCUT2D eigenvalue weighted by Gasteiger charge is -2.26. The topological polar surface area (TPSA) is 117 Å². The van der Waals surface area contributed by atoms with Gasteiger partial charge >= 0.3 is 0 Å². The molecule has 2 heterocycles. The second-order valence-corrected chi connectivity index (χ2v) is 8.61. The monoisotopic (exact) mass is 422 g/mol. The number of rotatable bonds is 5. The van der Waals surface area contributed by atoms with Crippen molar-refractivity contribution in [2.24, 2.45) is 5.73 Å². The number of benzene rings is 1. The molecule has 2 aliphatic rings. The highest BCUT2D eigenvalue weighted by molar-refractivity contribution is 6.31. The van der Waals surface area contributed by atoms with Gasteiger partial charge in [0.1, 0.15) is 0 Å². The molecule has 2 fully saturated rings. The predicted octanol–water partition coefficient (Wildman–Crippen LogP) is 4.11. The summed E-state index contributed by atoms with van der Waals surface area (Å²) in [5.41, 5.74) is 8.73. The Balaban J connectivity index is 1.51. The van der Waals surface area contributed by atoms with Crippen molar-refractivity contribution in [1.82, 2.24) is 19.5 Å². The minimum Gasteiger partial charge on any atom is -0.351 e. The molecule has 9 heteroatoms. The Hall–Kier alpha value is -2.89. The van der Waals surface area contributed by atoms with Crippen LogP contribution in [0.5, 0.6) is 0 Å². The van der Waals surface area contributed by atoms with Crippen LogP contribution in [0.2, 0.25) is 5.02 Å². The molecule has 1 aromatic carbocycles. The van der Waals surface area contributed by atoms with Crippen LogP contribution in [0.1, 0.15) is 50.1 Å². The zero-order valence-corrected chi connectivity index (χ0v) is 17.2. The number of nitrogens with zero attached hydrogens (tertiary/aromatic N) is 5. The highest BCUT2D eigenvalue weighted by atomic mass is 35.5. The van der Waals surface area contributed by atoms with E-state index in [9.17, 15) is 5.26 Å². The van der Waals surface area contributed by atoms with Crippen molar-refractivity contribution in [3.8, 4) is 6.07 Å². The van der Waals surface area contributed by atoms with Crippen LogP contribution in [0.4, 0.5) is 17.5 Å². The molecule has 0 radical (unpaired) electrons. The molecule has 4 N–H and O–H groups in total. The van der Waals surface area contributed by atoms with Gasteiger partial charge in [-0.2, -0.15) is 15.2 Å². The fraction of sp³-hybridized carbons (Fsp3) is 0.429. The van der Waals surface area contributed by atoms with E-state index in [1.165, 1.54) is 0 Å². The summed E-state index contributed by atoms with van der Waals surface area (Å²) in [7, 11) is 0. The molecule has 0 bridgehead atoms. The van der Waals surface area contributed by atoms with Crippen molar-refractivity contribution in [2.45, 2.75) is 56.7 Å². The highest BCUT2D eigenvalue weighted by Crippen LogP contribution is 2.38. The molecular formula is C21H23ClN8. The third kappa shape index (κ3) is 3.91. The zero-order chi connectivity index (χ0) is 20.7. The quantitative estimate of drug-likeness (QED) is 0.566. The third-order valence-electron chi connectivity index (χ3n) is 5.76. The van der Waals surface area contributed by atoms with Gasteiger partial charge in [0.05, 0.1) is 18.0 Å². The first-order valence-electron chi connectivity index (χ1n) is 10.3. The molecule has 154 valence electrons. The number of aromatic nitrogens is 4. The summed E-state index contributed by atoms with van der Waals surface area (Å²) in [4.78, 5) is 14.1. The van der Waals surface area contributed by atoms with E-state index in [4.69, 9.17) is 27.3 Å². The fourth-order valence-electron chi connectivity index (χ4n) is 4.00. The van der Waals surface area contributed by atoms with E-state index in [0.29, 0.717) is 45.6 Å². The van der Waals surface area contributed by atoms with E-state index in [1.54, 1.807) is 18.2 Å². The molecule has 3 aromatic rings. The summed E-state index contributed by atoms with van der Waals surface area (Å²) in [5.74, 6) is 1.18. The Morgan fingerprint density at radius 1 is 1.10 bits per heavy atom. The maximum absolute atomic E-state index is 9.24. The molecule has 0 spiro atoms. The van der Waals surface area contributed by atoms with E-state index in [-0.39, 0.29) is 6.04 Å². The van der Waals surface area contributed by atoms with Gasteiger partial charge in [-0.15, -0.1) is 0 Å². The molecule has 0 saturated heterocycles. The van der Waals surface area contributed by atoms with Gasteiger partial charge in [0.25, 0.3) is 0 Å². The summed E-state index contributed by atoms with van der Waals surface area (Å²) in [6, 6.07) is 8.32. The standard InChI is InChI=1S/C21H23ClN8/c22-13-7-12(10-23)8-16(9-13)26-19-18-20(30(11-25-18)17-5-6-17)29-21(28-19)27-15-3-1-14(24)2-4-15/h7-9,11,14-15,17H,1-6,24H2,(H2,26,27,28,29). The molecule has 30 heavy (non-hydrogen) atoms. The van der Waals surface area contributed by atoms with Crippen LogP contribution < -0.4 is 16.4 Å². The van der Waals surface area contributed by atoms with Gasteiger partial charge < -0.3 is 20.9 Å². The number of hydrogen-bond acceptors (Lipinski definition) is 7. The first-order chi connectivity index (χ1) is 14.6. The fourth-order valence-corrected chi connectivity index (χ4v) is 4.23. The lowest BCUT2D eigenvalue weighted by atomic mass is 9.92. The van der Waals surface area contributed by atoms with Gasteiger partial charge in [-0.25, -0.2) is 4.98 Å². The summed E-state index contributed by atoms with van der Waals surface area (Å²) in [6.45, 7) is 0. The summed E-state index contributed by atoms with van der Waals surface area (Å²) < 4.78 is 2.13. The van der Waals surface area contributed by atoms with Crippen LogP contribution in [0.3, 0.4) is 0 Å². The number of nitrogens with one attached hydrogen (secondary N) is 2. The largest absolute Gasteiger partial charge is 0.351 e. The minimum absolute atomic E-state index is 0.289. The van der Waals surface area contributed by atoms with Crippen LogP contribution in [0, 0.1) is 11.3 Å². The second kappa shape index (κ2) is 7.74. The summed E-state index contributed by atoms with van der Waals surface area (Å²) >= 11 is 6.17. The van der Waals surface area contributed by atoms with Crippen molar-refractivity contribution >= 4 is 40.2 Å². The number of fused-ring (bicyclic) bond motifs is 1. The van der Waals surface area contributed by atoms with Crippen LogP contribution in [0.25, 0.3) is 11.2 Å². The van der Waals surface area contributed by atoms with Crippen LogP contribution in [-0.2, 0) is 0 Å². The smallest absolute Gasteiger partial charge is 0.227 e. The van der Waals surface area contributed by atoms with Crippen LogP contribution in [-0.4, -0.2) is 31.6 Å². The molecular weight excluding hydrogens is 400 g/mol. The summed E-state index contributed by atoms with van der Waals surface area (Å²) in [6.07, 6.45) is 8.14. The SMILES string of the molecule is N#Cc1cc(Cl)cc(Nc2nc(NC3CCC(N)CC3)nc3c2ncn3C2CC2)c1. The second-order valence-electron chi connectivity index (χ2n) is 8.17. The number of nitrogens with two attached hydrogens (primary N) is 1. The Bertz CT molecular complexity index is 1120. The molecule has 0 atom stereocenters. The number of imidazole rings is 1. The Morgan fingerprint density at radius 3 is 2.63 bits per heavy atom. The number of halogens is 1. The highest BCUT2D eigenvalue weighted by Gasteiger charge is 2.27. The Kier molecular flexibility index (Phi) is 4.93. The maximum atomic E-state index is 9.24. The van der Waals surface area contributed by atoms with E-state index in [1.807, 2.05) is 6.33 Å². The van der Waals surface area contributed by atoms with Crippen molar-refractivity contribution in [1.29, 1.82) is 5.26 Å². The first-order valence-corrected chi connectivity index (χ1v) is 10.7. The molecule has 0 unspecified atom stereocenters. The average Bonchev–Trinajstić information content (AvgIpc) is 3.48. The van der Waals surface area contributed by atoms with Gasteiger partial charge in [0.2, 0.25) is 5.95 Å². The van der Waals surface area contributed by atoms with E-state index >= 15 is 0 Å². The average molecular weight is 423 g/mol. The predicted molar refractivity (Wildman–Crippen MR) is 117 cm³/mol. The van der Waals surface area contributed by atoms with Gasteiger partial charge in [-0.1, -0.05) is 11.6 Å². The van der Waals surface area contributed by atoms with Gasteiger partial charge in [0.15, 0.2) is 17.0 Å². The van der Waals surface area contributed by atoms with E-state index in [0.717, 1.165) is 44.2 Å². The molecule has 5 rings (SSSR count). The lowest BCUT2D eigenvalue weighted by molar-refractivity contribution is 0.410. The molecule has 2 aliphatic carbocycles.